The molecule has 0 amide bonds. The van der Waals surface area contributed by atoms with Crippen molar-refractivity contribution < 1.29 is 8.42 Å². The largest absolute Gasteiger partial charge is 0.316 e. The van der Waals surface area contributed by atoms with Crippen molar-refractivity contribution in [1.82, 2.24) is 15.3 Å². The molecular formula is C13H16N4O2S. The highest BCUT2D eigenvalue weighted by atomic mass is 32.2. The van der Waals surface area contributed by atoms with E-state index >= 15 is 0 Å². The maximum absolute atomic E-state index is 12.4. The van der Waals surface area contributed by atoms with Crippen molar-refractivity contribution in [3.63, 3.8) is 0 Å². The van der Waals surface area contributed by atoms with E-state index in [1.54, 1.807) is 19.1 Å². The normalized spacial score (nSPS) is 11.3. The molecule has 0 fully saturated rings. The van der Waals surface area contributed by atoms with E-state index in [-0.39, 0.29) is 4.90 Å². The molecule has 1 heterocycles. The average Bonchev–Trinajstić information content (AvgIpc) is 2.42. The minimum Gasteiger partial charge on any atom is -0.316 e. The zero-order valence-corrected chi connectivity index (χ0v) is 12.1. The van der Waals surface area contributed by atoms with E-state index in [1.165, 1.54) is 18.7 Å². The molecule has 7 heteroatoms. The molecule has 20 heavy (non-hydrogen) atoms. The van der Waals surface area contributed by atoms with Crippen LogP contribution in [0.5, 0.6) is 0 Å². The number of nitrogens with one attached hydrogen (secondary N) is 2. The van der Waals surface area contributed by atoms with E-state index in [0.29, 0.717) is 17.8 Å². The van der Waals surface area contributed by atoms with Gasteiger partial charge in [-0.25, -0.2) is 18.4 Å². The summed E-state index contributed by atoms with van der Waals surface area (Å²) < 4.78 is 27.3. The first-order valence-corrected chi connectivity index (χ1v) is 7.53. The van der Waals surface area contributed by atoms with E-state index in [2.05, 4.69) is 20.0 Å². The van der Waals surface area contributed by atoms with E-state index in [9.17, 15) is 8.42 Å². The highest BCUT2D eigenvalue weighted by Crippen LogP contribution is 2.20. The zero-order valence-electron chi connectivity index (χ0n) is 11.3. The Labute approximate surface area is 118 Å². The fourth-order valence-corrected chi connectivity index (χ4v) is 3.13. The molecule has 2 aromatic rings. The molecule has 1 aromatic carbocycles. The molecule has 0 atom stereocenters. The third-order valence-electron chi connectivity index (χ3n) is 2.74. The summed E-state index contributed by atoms with van der Waals surface area (Å²) in [5, 5.41) is 3.00. The standard InChI is InChI=1S/C13H16N4O2S/c1-10-3-4-11(6-14-2)5-13(10)20(18,19)17-12-7-15-9-16-8-12/h3-5,7-9,14,17H,6H2,1-2H3. The highest BCUT2D eigenvalue weighted by molar-refractivity contribution is 7.92. The van der Waals surface area contributed by atoms with Crippen LogP contribution in [0.3, 0.4) is 0 Å². The van der Waals surface area contributed by atoms with Crippen molar-refractivity contribution in [2.75, 3.05) is 11.8 Å². The van der Waals surface area contributed by atoms with E-state index < -0.39 is 10.0 Å². The van der Waals surface area contributed by atoms with Crippen molar-refractivity contribution in [1.29, 1.82) is 0 Å². The molecule has 0 aliphatic rings. The van der Waals surface area contributed by atoms with Gasteiger partial charge >= 0.3 is 0 Å². The topological polar surface area (TPSA) is 84.0 Å². The summed E-state index contributed by atoms with van der Waals surface area (Å²) in [5.74, 6) is 0. The maximum Gasteiger partial charge on any atom is 0.262 e. The van der Waals surface area contributed by atoms with Crippen LogP contribution in [-0.4, -0.2) is 25.4 Å². The van der Waals surface area contributed by atoms with Gasteiger partial charge in [0, 0.05) is 6.54 Å². The van der Waals surface area contributed by atoms with Crippen LogP contribution in [-0.2, 0) is 16.6 Å². The summed E-state index contributed by atoms with van der Waals surface area (Å²) in [7, 11) is -1.83. The van der Waals surface area contributed by atoms with Gasteiger partial charge in [-0.1, -0.05) is 12.1 Å². The lowest BCUT2D eigenvalue weighted by Crippen LogP contribution is -2.15. The highest BCUT2D eigenvalue weighted by Gasteiger charge is 2.17. The molecule has 0 unspecified atom stereocenters. The Balaban J connectivity index is 2.36. The summed E-state index contributed by atoms with van der Waals surface area (Å²) in [6, 6.07) is 5.36. The Bertz CT molecular complexity index is 687. The van der Waals surface area contributed by atoms with Gasteiger partial charge in [0.15, 0.2) is 0 Å². The van der Waals surface area contributed by atoms with Crippen LogP contribution in [0.25, 0.3) is 0 Å². The van der Waals surface area contributed by atoms with Crippen LogP contribution >= 0.6 is 0 Å². The summed E-state index contributed by atoms with van der Waals surface area (Å²) in [6.07, 6.45) is 4.17. The van der Waals surface area contributed by atoms with Gasteiger partial charge in [-0.3, -0.25) is 4.72 Å². The Kier molecular flexibility index (Phi) is 4.31. The molecule has 2 rings (SSSR count). The number of rotatable bonds is 5. The van der Waals surface area contributed by atoms with Gasteiger partial charge in [-0.15, -0.1) is 0 Å². The second-order valence-corrected chi connectivity index (χ2v) is 6.01. The second kappa shape index (κ2) is 5.98. The third-order valence-corrected chi connectivity index (χ3v) is 4.26. The summed E-state index contributed by atoms with van der Waals surface area (Å²) in [6.45, 7) is 2.37. The van der Waals surface area contributed by atoms with Crippen molar-refractivity contribution in [3.05, 3.63) is 48.0 Å². The maximum atomic E-state index is 12.4. The van der Waals surface area contributed by atoms with Crippen molar-refractivity contribution in [2.45, 2.75) is 18.4 Å². The van der Waals surface area contributed by atoms with Gasteiger partial charge in [-0.05, 0) is 31.2 Å². The van der Waals surface area contributed by atoms with E-state index in [0.717, 1.165) is 5.56 Å². The number of sulfonamides is 1. The number of hydrogen-bond donors (Lipinski definition) is 2. The Hall–Kier alpha value is -1.99. The predicted octanol–water partition coefficient (Wildman–Crippen LogP) is 1.31. The molecule has 106 valence electrons. The van der Waals surface area contributed by atoms with Gasteiger partial charge in [-0.2, -0.15) is 0 Å². The molecule has 0 bridgehead atoms. The molecular weight excluding hydrogens is 276 g/mol. The zero-order chi connectivity index (χ0) is 14.6. The average molecular weight is 292 g/mol. The molecule has 6 nitrogen and oxygen atoms in total. The lowest BCUT2D eigenvalue weighted by atomic mass is 10.1. The van der Waals surface area contributed by atoms with Crippen LogP contribution in [0, 0.1) is 6.92 Å². The molecule has 0 saturated heterocycles. The smallest absolute Gasteiger partial charge is 0.262 e. The third kappa shape index (κ3) is 3.31. The Morgan fingerprint density at radius 3 is 2.55 bits per heavy atom. The molecule has 0 aliphatic carbocycles. The fraction of sp³-hybridized carbons (Fsp3) is 0.231. The summed E-state index contributed by atoms with van der Waals surface area (Å²) >= 11 is 0. The van der Waals surface area contributed by atoms with Gasteiger partial charge in [0.2, 0.25) is 0 Å². The summed E-state index contributed by atoms with van der Waals surface area (Å²) in [4.78, 5) is 7.83. The number of benzene rings is 1. The predicted molar refractivity (Wildman–Crippen MR) is 76.8 cm³/mol. The number of aromatic nitrogens is 2. The van der Waals surface area contributed by atoms with Crippen molar-refractivity contribution in [3.8, 4) is 0 Å². The van der Waals surface area contributed by atoms with Gasteiger partial charge in [0.05, 0.1) is 23.0 Å². The first-order valence-electron chi connectivity index (χ1n) is 6.05. The van der Waals surface area contributed by atoms with Crippen LogP contribution in [0.2, 0.25) is 0 Å². The molecule has 2 N–H and O–H groups in total. The molecule has 0 saturated carbocycles. The second-order valence-electron chi connectivity index (χ2n) is 4.36. The number of nitrogens with zero attached hydrogens (tertiary/aromatic N) is 2. The van der Waals surface area contributed by atoms with Crippen molar-refractivity contribution in [2.24, 2.45) is 0 Å². The monoisotopic (exact) mass is 292 g/mol. The fourth-order valence-electron chi connectivity index (χ4n) is 1.81. The number of anilines is 1. The molecule has 0 radical (unpaired) electrons. The Morgan fingerprint density at radius 2 is 1.90 bits per heavy atom. The van der Waals surface area contributed by atoms with Crippen molar-refractivity contribution >= 4 is 15.7 Å². The lowest BCUT2D eigenvalue weighted by Gasteiger charge is -2.11. The van der Waals surface area contributed by atoms with Gasteiger partial charge in [0.1, 0.15) is 6.33 Å². The summed E-state index contributed by atoms with van der Waals surface area (Å²) in [5.41, 5.74) is 1.93. The Morgan fingerprint density at radius 1 is 1.20 bits per heavy atom. The lowest BCUT2D eigenvalue weighted by molar-refractivity contribution is 0.600. The quantitative estimate of drug-likeness (QED) is 0.868. The number of hydrogen-bond acceptors (Lipinski definition) is 5. The number of aryl methyl sites for hydroxylation is 1. The van der Waals surface area contributed by atoms with E-state index in [4.69, 9.17) is 0 Å². The van der Waals surface area contributed by atoms with Crippen LogP contribution < -0.4 is 10.0 Å². The van der Waals surface area contributed by atoms with E-state index in [1.807, 2.05) is 13.1 Å². The first kappa shape index (κ1) is 14.4. The molecule has 0 aliphatic heterocycles. The van der Waals surface area contributed by atoms with Crippen LogP contribution in [0.1, 0.15) is 11.1 Å². The minimum absolute atomic E-state index is 0.258. The van der Waals surface area contributed by atoms with Gasteiger partial charge in [0.25, 0.3) is 10.0 Å². The SMILES string of the molecule is CNCc1ccc(C)c(S(=O)(=O)Nc2cncnc2)c1. The molecule has 1 aromatic heterocycles. The van der Waals surface area contributed by atoms with Gasteiger partial charge < -0.3 is 5.32 Å². The first-order chi connectivity index (χ1) is 9.53. The molecule has 0 spiro atoms. The van der Waals surface area contributed by atoms with Crippen LogP contribution in [0.4, 0.5) is 5.69 Å². The van der Waals surface area contributed by atoms with Crippen LogP contribution in [0.15, 0.2) is 41.8 Å². The minimum atomic E-state index is -3.64.